The highest BCUT2D eigenvalue weighted by atomic mass is 16.5. The van der Waals surface area contributed by atoms with Crippen LogP contribution in [0.5, 0.6) is 0 Å². The first-order valence-corrected chi connectivity index (χ1v) is 11.2. The van der Waals surface area contributed by atoms with E-state index in [9.17, 15) is 9.59 Å². The van der Waals surface area contributed by atoms with Crippen LogP contribution in [0.4, 0.5) is 5.69 Å². The van der Waals surface area contributed by atoms with Gasteiger partial charge in [-0.2, -0.15) is 0 Å². The van der Waals surface area contributed by atoms with Crippen molar-refractivity contribution in [3.8, 4) is 0 Å². The van der Waals surface area contributed by atoms with Crippen LogP contribution in [-0.4, -0.2) is 35.0 Å². The predicted octanol–water partition coefficient (Wildman–Crippen LogP) is 4.98. The normalized spacial score (nSPS) is 21.4. The summed E-state index contributed by atoms with van der Waals surface area (Å²) in [6.45, 7) is 1.88. The Morgan fingerprint density at radius 2 is 1.65 bits per heavy atom. The Bertz CT molecular complexity index is 1070. The number of nitrogens with one attached hydrogen (secondary N) is 1. The second kappa shape index (κ2) is 8.53. The molecule has 0 radical (unpaired) electrons. The quantitative estimate of drug-likeness (QED) is 0.650. The maximum Gasteiger partial charge on any atom is 0.294 e. The SMILES string of the molecule is O=C(Nc1ccc([C@H]2CC[C@@H](C(=O)N3CCCC3)CC2)cc1)c1onc2ccccc12. The molecule has 0 bridgehead atoms. The van der Waals surface area contributed by atoms with Crippen molar-refractivity contribution in [2.24, 2.45) is 5.92 Å². The summed E-state index contributed by atoms with van der Waals surface area (Å²) in [6, 6.07) is 15.4. The lowest BCUT2D eigenvalue weighted by Crippen LogP contribution is -2.35. The van der Waals surface area contributed by atoms with Crippen molar-refractivity contribution in [1.29, 1.82) is 0 Å². The van der Waals surface area contributed by atoms with E-state index in [4.69, 9.17) is 4.52 Å². The molecule has 0 unspecified atom stereocenters. The third-order valence-electron chi connectivity index (χ3n) is 6.72. The minimum Gasteiger partial charge on any atom is -0.350 e. The van der Waals surface area contributed by atoms with Gasteiger partial charge in [-0.3, -0.25) is 9.59 Å². The van der Waals surface area contributed by atoms with Crippen LogP contribution in [0.2, 0.25) is 0 Å². The second-order valence-corrected chi connectivity index (χ2v) is 8.69. The van der Waals surface area contributed by atoms with Crippen LogP contribution in [-0.2, 0) is 4.79 Å². The molecule has 3 aromatic rings. The number of aromatic nitrogens is 1. The van der Waals surface area contributed by atoms with Gasteiger partial charge in [0.1, 0.15) is 5.52 Å². The number of anilines is 1. The fourth-order valence-corrected chi connectivity index (χ4v) is 4.95. The first-order valence-electron chi connectivity index (χ1n) is 11.2. The Labute approximate surface area is 181 Å². The number of carbonyl (C=O) groups excluding carboxylic acids is 2. The summed E-state index contributed by atoms with van der Waals surface area (Å²) in [5, 5.41) is 7.54. The molecule has 1 aromatic heterocycles. The van der Waals surface area contributed by atoms with Crippen LogP contribution in [0.25, 0.3) is 10.9 Å². The van der Waals surface area contributed by atoms with E-state index in [1.165, 1.54) is 5.56 Å². The van der Waals surface area contributed by atoms with Gasteiger partial charge in [-0.25, -0.2) is 0 Å². The largest absolute Gasteiger partial charge is 0.350 e. The Kier molecular flexibility index (Phi) is 5.45. The number of rotatable bonds is 4. The molecule has 1 aliphatic carbocycles. The number of hydrogen-bond donors (Lipinski definition) is 1. The summed E-state index contributed by atoms with van der Waals surface area (Å²) in [7, 11) is 0. The summed E-state index contributed by atoms with van der Waals surface area (Å²) < 4.78 is 5.24. The molecular weight excluding hydrogens is 390 g/mol. The highest BCUT2D eigenvalue weighted by Gasteiger charge is 2.31. The van der Waals surface area contributed by atoms with Gasteiger partial charge in [0, 0.05) is 24.7 Å². The molecule has 6 heteroatoms. The van der Waals surface area contributed by atoms with Crippen molar-refractivity contribution < 1.29 is 14.1 Å². The van der Waals surface area contributed by atoms with Gasteiger partial charge in [0.05, 0.1) is 5.39 Å². The molecule has 2 fully saturated rings. The molecule has 0 atom stereocenters. The molecule has 160 valence electrons. The summed E-state index contributed by atoms with van der Waals surface area (Å²) in [6.07, 6.45) is 6.32. The van der Waals surface area contributed by atoms with E-state index in [1.807, 2.05) is 36.4 Å². The Balaban J connectivity index is 1.19. The number of carbonyl (C=O) groups is 2. The van der Waals surface area contributed by atoms with E-state index in [0.29, 0.717) is 22.7 Å². The van der Waals surface area contributed by atoms with Gasteiger partial charge < -0.3 is 14.7 Å². The number of fused-ring (bicyclic) bond motifs is 1. The summed E-state index contributed by atoms with van der Waals surface area (Å²) in [4.78, 5) is 27.3. The molecule has 1 N–H and O–H groups in total. The molecule has 2 aromatic carbocycles. The molecule has 1 saturated heterocycles. The highest BCUT2D eigenvalue weighted by molar-refractivity contribution is 6.10. The van der Waals surface area contributed by atoms with Gasteiger partial charge in [0.2, 0.25) is 11.7 Å². The van der Waals surface area contributed by atoms with Crippen LogP contribution in [0, 0.1) is 5.92 Å². The zero-order chi connectivity index (χ0) is 21.2. The highest BCUT2D eigenvalue weighted by Crippen LogP contribution is 2.37. The van der Waals surface area contributed by atoms with E-state index < -0.39 is 0 Å². The van der Waals surface area contributed by atoms with Crippen LogP contribution in [0.1, 0.15) is 60.6 Å². The molecule has 0 spiro atoms. The molecule has 2 amide bonds. The zero-order valence-corrected chi connectivity index (χ0v) is 17.5. The van der Waals surface area contributed by atoms with Crippen molar-refractivity contribution in [2.45, 2.75) is 44.4 Å². The maximum atomic E-state index is 12.6. The van der Waals surface area contributed by atoms with Crippen molar-refractivity contribution >= 4 is 28.4 Å². The van der Waals surface area contributed by atoms with Gasteiger partial charge >= 0.3 is 0 Å². The minimum atomic E-state index is -0.303. The third-order valence-corrected chi connectivity index (χ3v) is 6.72. The smallest absolute Gasteiger partial charge is 0.294 e. The average Bonchev–Trinajstić information content (AvgIpc) is 3.50. The average molecular weight is 418 g/mol. The van der Waals surface area contributed by atoms with Crippen molar-refractivity contribution in [3.05, 3.63) is 59.9 Å². The lowest BCUT2D eigenvalue weighted by Gasteiger charge is -2.30. The molecular formula is C25H27N3O3. The van der Waals surface area contributed by atoms with E-state index in [1.54, 1.807) is 0 Å². The predicted molar refractivity (Wildman–Crippen MR) is 119 cm³/mol. The number of hydrogen-bond acceptors (Lipinski definition) is 4. The van der Waals surface area contributed by atoms with Crippen molar-refractivity contribution in [3.63, 3.8) is 0 Å². The minimum absolute atomic E-state index is 0.199. The molecule has 2 heterocycles. The lowest BCUT2D eigenvalue weighted by atomic mass is 9.78. The fourth-order valence-electron chi connectivity index (χ4n) is 4.95. The van der Waals surface area contributed by atoms with E-state index >= 15 is 0 Å². The van der Waals surface area contributed by atoms with E-state index in [-0.39, 0.29) is 17.6 Å². The van der Waals surface area contributed by atoms with Gasteiger partial charge in [-0.15, -0.1) is 0 Å². The molecule has 6 nitrogen and oxygen atoms in total. The maximum absolute atomic E-state index is 12.6. The first-order chi connectivity index (χ1) is 15.2. The zero-order valence-electron chi connectivity index (χ0n) is 17.5. The van der Waals surface area contributed by atoms with Crippen LogP contribution >= 0.6 is 0 Å². The molecule has 2 aliphatic rings. The molecule has 1 aliphatic heterocycles. The number of benzene rings is 2. The van der Waals surface area contributed by atoms with Gasteiger partial charge in [0.25, 0.3) is 5.91 Å². The van der Waals surface area contributed by atoms with Gasteiger partial charge in [0.15, 0.2) is 0 Å². The summed E-state index contributed by atoms with van der Waals surface area (Å²) >= 11 is 0. The third kappa shape index (κ3) is 4.07. The van der Waals surface area contributed by atoms with Crippen LogP contribution in [0.3, 0.4) is 0 Å². The second-order valence-electron chi connectivity index (χ2n) is 8.69. The molecule has 31 heavy (non-hydrogen) atoms. The van der Waals surface area contributed by atoms with Gasteiger partial charge in [-0.1, -0.05) is 29.4 Å². The van der Waals surface area contributed by atoms with Crippen LogP contribution < -0.4 is 5.32 Å². The van der Waals surface area contributed by atoms with Crippen molar-refractivity contribution in [2.75, 3.05) is 18.4 Å². The Hall–Kier alpha value is -3.15. The number of likely N-dealkylation sites (tertiary alicyclic amines) is 1. The lowest BCUT2D eigenvalue weighted by molar-refractivity contribution is -0.135. The standard InChI is InChI=1S/C25H27N3O3/c29-24(23-21-5-1-2-6-22(21)27-31-23)26-20-13-11-18(12-14-20)17-7-9-19(10-8-17)25(30)28-15-3-4-16-28/h1-2,5-6,11-14,17,19H,3-4,7-10,15-16H2,(H,26,29)/t17-,19+. The van der Waals surface area contributed by atoms with E-state index in [0.717, 1.165) is 57.3 Å². The monoisotopic (exact) mass is 417 g/mol. The topological polar surface area (TPSA) is 75.4 Å². The number of nitrogens with zero attached hydrogens (tertiary/aromatic N) is 2. The molecule has 1 saturated carbocycles. The van der Waals surface area contributed by atoms with Crippen molar-refractivity contribution in [1.82, 2.24) is 10.1 Å². The number of amides is 2. The Morgan fingerprint density at radius 1 is 0.935 bits per heavy atom. The van der Waals surface area contributed by atoms with Crippen LogP contribution in [0.15, 0.2) is 53.1 Å². The summed E-state index contributed by atoms with van der Waals surface area (Å²) in [5.41, 5.74) is 2.67. The summed E-state index contributed by atoms with van der Waals surface area (Å²) in [5.74, 6) is 0.965. The molecule has 5 rings (SSSR count). The Morgan fingerprint density at radius 3 is 2.39 bits per heavy atom. The first kappa shape index (κ1) is 19.8. The van der Waals surface area contributed by atoms with E-state index in [2.05, 4.69) is 27.5 Å². The van der Waals surface area contributed by atoms with Gasteiger partial charge in [-0.05, 0) is 74.3 Å². The fraction of sp³-hybridized carbons (Fsp3) is 0.400.